The molecule has 4 nitrogen and oxygen atoms in total. The van der Waals surface area contributed by atoms with Crippen LogP contribution in [0.25, 0.3) is 0 Å². The van der Waals surface area contributed by atoms with Crippen molar-refractivity contribution in [3.63, 3.8) is 0 Å². The lowest BCUT2D eigenvalue weighted by molar-refractivity contribution is -0.129. The zero-order chi connectivity index (χ0) is 7.40. The molecule has 54 valence electrons. The molecule has 1 heterocycles. The topological polar surface area (TPSA) is 44.1 Å². The molecule has 10 heavy (non-hydrogen) atoms. The molecule has 1 aromatic heterocycles. The molecule has 0 atom stereocenters. The van der Waals surface area contributed by atoms with Crippen LogP contribution in [-0.4, -0.2) is 16.2 Å². The smallest absolute Gasteiger partial charge is 0.321 e. The van der Waals surface area contributed by atoms with Gasteiger partial charge in [0.2, 0.25) is 0 Å². The van der Waals surface area contributed by atoms with E-state index in [0.717, 1.165) is 12.2 Å². The summed E-state index contributed by atoms with van der Waals surface area (Å²) >= 11 is 0. The Morgan fingerprint density at radius 3 is 3.30 bits per heavy atom. The lowest BCUT2D eigenvalue weighted by atomic mass is 10.5. The Kier molecular flexibility index (Phi) is 2.04. The fourth-order valence-corrected chi connectivity index (χ4v) is 0.712. The van der Waals surface area contributed by atoms with Crippen molar-refractivity contribution in [2.75, 3.05) is 0 Å². The van der Waals surface area contributed by atoms with Crippen molar-refractivity contribution in [1.82, 2.24) is 9.71 Å². The maximum atomic E-state index is 9.87. The molecule has 1 rings (SSSR count). The summed E-state index contributed by atoms with van der Waals surface area (Å²) in [6.45, 7) is 2.31. The summed E-state index contributed by atoms with van der Waals surface area (Å²) in [6, 6.07) is 0. The molecular weight excluding hydrogens is 132 g/mol. The van der Waals surface area contributed by atoms with Gasteiger partial charge in [0.15, 0.2) is 0 Å². The number of carbonyl (C=O) groups excluding carboxylic acids is 1. The number of carbonyl (C=O) groups is 1. The minimum Gasteiger partial charge on any atom is -0.339 e. The molecular formula is C6H8N2O2. The average Bonchev–Trinajstić information content (AvgIpc) is 2.36. The molecule has 0 aliphatic carbocycles. The van der Waals surface area contributed by atoms with Gasteiger partial charge in [0.1, 0.15) is 5.82 Å². The van der Waals surface area contributed by atoms with E-state index >= 15 is 0 Å². The van der Waals surface area contributed by atoms with Crippen LogP contribution >= 0.6 is 0 Å². The molecule has 0 saturated heterocycles. The van der Waals surface area contributed by atoms with Gasteiger partial charge in [-0.25, -0.2) is 4.98 Å². The van der Waals surface area contributed by atoms with Crippen LogP contribution in [0.4, 0.5) is 0 Å². The Labute approximate surface area is 58.4 Å². The molecule has 0 unspecified atom stereocenters. The molecule has 0 aromatic carbocycles. The van der Waals surface area contributed by atoms with Crippen molar-refractivity contribution in [3.8, 4) is 0 Å². The highest BCUT2D eigenvalue weighted by molar-refractivity contribution is 5.37. The summed E-state index contributed by atoms with van der Waals surface area (Å²) in [5.41, 5.74) is 0. The van der Waals surface area contributed by atoms with Gasteiger partial charge in [-0.1, -0.05) is 6.92 Å². The number of hydrogen-bond acceptors (Lipinski definition) is 3. The second-order valence-corrected chi connectivity index (χ2v) is 1.72. The van der Waals surface area contributed by atoms with Crippen LogP contribution < -0.4 is 4.84 Å². The lowest BCUT2D eigenvalue weighted by Gasteiger charge is -1.98. The zero-order valence-electron chi connectivity index (χ0n) is 5.65. The van der Waals surface area contributed by atoms with E-state index in [4.69, 9.17) is 0 Å². The first-order chi connectivity index (χ1) is 4.88. The molecule has 0 aliphatic rings. The maximum Gasteiger partial charge on any atom is 0.321 e. The van der Waals surface area contributed by atoms with Gasteiger partial charge in [0.25, 0.3) is 0 Å². The van der Waals surface area contributed by atoms with Gasteiger partial charge >= 0.3 is 6.47 Å². The number of hydrogen-bond donors (Lipinski definition) is 0. The fourth-order valence-electron chi connectivity index (χ4n) is 0.712. The summed E-state index contributed by atoms with van der Waals surface area (Å²) in [7, 11) is 0. The van der Waals surface area contributed by atoms with E-state index in [-0.39, 0.29) is 0 Å². The van der Waals surface area contributed by atoms with Gasteiger partial charge in [-0.3, -0.25) is 4.79 Å². The first-order valence-electron chi connectivity index (χ1n) is 3.01. The SMILES string of the molecule is CCc1nccn1OC=O. The standard InChI is InChI=1S/C6H8N2O2/c1-2-6-7-3-4-8(6)10-5-9/h3-5H,2H2,1H3. The predicted molar refractivity (Wildman–Crippen MR) is 34.2 cm³/mol. The number of rotatable bonds is 3. The molecule has 0 bridgehead atoms. The molecule has 1 aromatic rings. The normalized spacial score (nSPS) is 9.30. The fraction of sp³-hybridized carbons (Fsp3) is 0.333. The molecule has 4 heteroatoms. The highest BCUT2D eigenvalue weighted by atomic mass is 16.7. The molecule has 0 N–H and O–H groups in total. The van der Waals surface area contributed by atoms with E-state index in [9.17, 15) is 4.79 Å². The van der Waals surface area contributed by atoms with Crippen LogP contribution in [0.5, 0.6) is 0 Å². The quantitative estimate of drug-likeness (QED) is 0.556. The summed E-state index contributed by atoms with van der Waals surface area (Å²) in [5, 5.41) is 0. The third-order valence-corrected chi connectivity index (χ3v) is 1.15. The number of aryl methyl sites for hydroxylation is 1. The van der Waals surface area contributed by atoms with E-state index in [2.05, 4.69) is 9.82 Å². The average molecular weight is 140 g/mol. The van der Waals surface area contributed by atoms with Crippen molar-refractivity contribution in [3.05, 3.63) is 18.2 Å². The summed E-state index contributed by atoms with van der Waals surface area (Å²) in [5.74, 6) is 0.743. The number of aromatic nitrogens is 2. The third-order valence-electron chi connectivity index (χ3n) is 1.15. The van der Waals surface area contributed by atoms with Crippen molar-refractivity contribution in [2.45, 2.75) is 13.3 Å². The van der Waals surface area contributed by atoms with Gasteiger partial charge in [0, 0.05) is 12.6 Å². The zero-order valence-corrected chi connectivity index (χ0v) is 5.65. The second-order valence-electron chi connectivity index (χ2n) is 1.72. The van der Waals surface area contributed by atoms with Gasteiger partial charge in [-0.2, -0.15) is 4.73 Å². The van der Waals surface area contributed by atoms with Crippen molar-refractivity contribution >= 4 is 6.47 Å². The minimum atomic E-state index is 0.376. The van der Waals surface area contributed by atoms with E-state index in [1.54, 1.807) is 12.4 Å². The number of nitrogens with zero attached hydrogens (tertiary/aromatic N) is 2. The van der Waals surface area contributed by atoms with E-state index in [1.165, 1.54) is 4.73 Å². The van der Waals surface area contributed by atoms with Crippen molar-refractivity contribution < 1.29 is 9.63 Å². The van der Waals surface area contributed by atoms with Gasteiger partial charge in [-0.15, -0.1) is 0 Å². The Balaban J connectivity index is 2.79. The Hall–Kier alpha value is -1.32. The molecule has 0 spiro atoms. The largest absolute Gasteiger partial charge is 0.339 e. The van der Waals surface area contributed by atoms with Crippen LogP contribution in [0, 0.1) is 0 Å². The summed E-state index contributed by atoms with van der Waals surface area (Å²) in [6.07, 6.45) is 3.93. The second kappa shape index (κ2) is 3.00. The number of imidazole rings is 1. The van der Waals surface area contributed by atoms with E-state index < -0.39 is 0 Å². The maximum absolute atomic E-state index is 9.87. The van der Waals surface area contributed by atoms with Gasteiger partial charge in [0.05, 0.1) is 6.20 Å². The molecule has 0 saturated carbocycles. The van der Waals surface area contributed by atoms with Crippen LogP contribution in [-0.2, 0) is 11.2 Å². The van der Waals surface area contributed by atoms with Crippen LogP contribution in [0.1, 0.15) is 12.7 Å². The highest BCUT2D eigenvalue weighted by Gasteiger charge is 1.97. The van der Waals surface area contributed by atoms with Gasteiger partial charge < -0.3 is 4.84 Å². The van der Waals surface area contributed by atoms with Crippen molar-refractivity contribution in [1.29, 1.82) is 0 Å². The third kappa shape index (κ3) is 1.15. The summed E-state index contributed by atoms with van der Waals surface area (Å²) in [4.78, 5) is 18.3. The first-order valence-corrected chi connectivity index (χ1v) is 3.01. The molecule has 0 fully saturated rings. The molecule has 0 radical (unpaired) electrons. The van der Waals surface area contributed by atoms with Crippen LogP contribution in [0.3, 0.4) is 0 Å². The lowest BCUT2D eigenvalue weighted by Crippen LogP contribution is -2.11. The Morgan fingerprint density at radius 1 is 1.90 bits per heavy atom. The molecule has 0 amide bonds. The molecule has 0 aliphatic heterocycles. The Bertz CT molecular complexity index is 219. The van der Waals surface area contributed by atoms with E-state index in [0.29, 0.717) is 6.47 Å². The monoisotopic (exact) mass is 140 g/mol. The van der Waals surface area contributed by atoms with Gasteiger partial charge in [-0.05, 0) is 0 Å². The highest BCUT2D eigenvalue weighted by Crippen LogP contribution is 1.93. The van der Waals surface area contributed by atoms with E-state index in [1.807, 2.05) is 6.92 Å². The summed E-state index contributed by atoms with van der Waals surface area (Å²) < 4.78 is 1.34. The minimum absolute atomic E-state index is 0.376. The van der Waals surface area contributed by atoms with Crippen LogP contribution in [0.2, 0.25) is 0 Å². The van der Waals surface area contributed by atoms with Crippen LogP contribution in [0.15, 0.2) is 12.4 Å². The van der Waals surface area contributed by atoms with Crippen molar-refractivity contribution in [2.24, 2.45) is 0 Å². The predicted octanol–water partition coefficient (Wildman–Crippen LogP) is 0.0305. The Morgan fingerprint density at radius 2 is 2.70 bits per heavy atom. The first kappa shape index (κ1) is 6.80.